The molecule has 8 aliphatic carbocycles. The van der Waals surface area contributed by atoms with Crippen LogP contribution in [-0.2, 0) is 10.8 Å². The number of hydrogen-bond donors (Lipinski definition) is 0. The summed E-state index contributed by atoms with van der Waals surface area (Å²) in [7, 11) is 0. The van der Waals surface area contributed by atoms with Gasteiger partial charge in [0.25, 0.3) is 0 Å². The van der Waals surface area contributed by atoms with E-state index in [9.17, 15) is 0 Å². The van der Waals surface area contributed by atoms with Crippen molar-refractivity contribution in [2.24, 2.45) is 41.4 Å². The summed E-state index contributed by atoms with van der Waals surface area (Å²) in [5, 5.41) is 0. The van der Waals surface area contributed by atoms with E-state index in [4.69, 9.17) is 0 Å². The Bertz CT molecular complexity index is 2550. The topological polar surface area (TPSA) is 3.24 Å². The third kappa shape index (κ3) is 4.12. The van der Waals surface area contributed by atoms with Gasteiger partial charge in [0.2, 0.25) is 0 Å². The summed E-state index contributed by atoms with van der Waals surface area (Å²) in [6.07, 6.45) is 12.5. The first-order valence-electron chi connectivity index (χ1n) is 22.1. The lowest BCUT2D eigenvalue weighted by Gasteiger charge is -2.55. The molecule has 276 valence electrons. The van der Waals surface area contributed by atoms with Crippen molar-refractivity contribution in [3.05, 3.63) is 162 Å². The number of rotatable bonds is 4. The maximum atomic E-state index is 2.70. The van der Waals surface area contributed by atoms with Gasteiger partial charge in [-0.1, -0.05) is 116 Å². The molecular weight excluding hydrogens is 675 g/mol. The second-order valence-corrected chi connectivity index (χ2v) is 19.3. The molecule has 0 aromatic heterocycles. The molecule has 1 nitrogen and oxygen atoms in total. The van der Waals surface area contributed by atoms with E-state index < -0.39 is 0 Å². The fourth-order valence-corrected chi connectivity index (χ4v) is 15.2. The lowest BCUT2D eigenvalue weighted by Crippen LogP contribution is -2.51. The molecule has 0 radical (unpaired) electrons. The second kappa shape index (κ2) is 11.6. The van der Waals surface area contributed by atoms with Crippen molar-refractivity contribution in [2.75, 3.05) is 4.90 Å². The number of hydrogen-bond acceptors (Lipinski definition) is 1. The van der Waals surface area contributed by atoms with E-state index in [2.05, 4.69) is 151 Å². The predicted molar refractivity (Wildman–Crippen MR) is 231 cm³/mol. The Labute approximate surface area is 332 Å². The van der Waals surface area contributed by atoms with Crippen LogP contribution in [0.2, 0.25) is 0 Å². The van der Waals surface area contributed by atoms with Crippen LogP contribution in [0.4, 0.5) is 17.1 Å². The van der Waals surface area contributed by atoms with Gasteiger partial charge in [0.15, 0.2) is 0 Å². The fraction of sp³-hybridized carbons (Fsp3) is 0.345. The van der Waals surface area contributed by atoms with Crippen molar-refractivity contribution in [3.63, 3.8) is 0 Å². The maximum Gasteiger partial charge on any atom is 0.0465 e. The van der Waals surface area contributed by atoms with Crippen molar-refractivity contribution in [3.8, 4) is 33.4 Å². The van der Waals surface area contributed by atoms with E-state index in [-0.39, 0.29) is 10.8 Å². The first-order valence-corrected chi connectivity index (χ1v) is 22.1. The van der Waals surface area contributed by atoms with E-state index >= 15 is 0 Å². The maximum absolute atomic E-state index is 2.70. The van der Waals surface area contributed by atoms with Gasteiger partial charge in [-0.15, -0.1) is 0 Å². The normalized spacial score (nSPS) is 32.1. The van der Waals surface area contributed by atoms with Crippen molar-refractivity contribution in [1.29, 1.82) is 0 Å². The minimum absolute atomic E-state index is 0.0998. The Morgan fingerprint density at radius 2 is 1.07 bits per heavy atom. The Kier molecular flexibility index (Phi) is 6.67. The van der Waals surface area contributed by atoms with Crippen molar-refractivity contribution in [2.45, 2.75) is 75.5 Å². The smallest absolute Gasteiger partial charge is 0.0465 e. The van der Waals surface area contributed by atoms with Gasteiger partial charge in [0.1, 0.15) is 0 Å². The summed E-state index contributed by atoms with van der Waals surface area (Å²) >= 11 is 0. The highest BCUT2D eigenvalue weighted by Crippen LogP contribution is 2.70. The van der Waals surface area contributed by atoms with Crippen molar-refractivity contribution in [1.82, 2.24) is 0 Å². The van der Waals surface area contributed by atoms with Crippen molar-refractivity contribution >= 4 is 17.1 Å². The van der Waals surface area contributed by atoms with E-state index in [1.54, 1.807) is 22.3 Å². The SMILES string of the molecule is C[C@H]1C2CCC3CC(C2)CC1C31c2ccccc2-c2ccc(N(c3ccc(-c4ccccc4)cc3)c3ccc4c(c3)C3(CC5CCC3C5)c3ccccc3-4)cc21. The lowest BCUT2D eigenvalue weighted by molar-refractivity contribution is 0.0174. The Balaban J connectivity index is 1.02. The van der Waals surface area contributed by atoms with Gasteiger partial charge in [-0.25, -0.2) is 0 Å². The molecular formula is C55H51N. The van der Waals surface area contributed by atoms with Gasteiger partial charge in [0.05, 0.1) is 0 Å². The molecule has 6 aromatic carbocycles. The monoisotopic (exact) mass is 725 g/mol. The average Bonchev–Trinajstić information content (AvgIpc) is 3.97. The summed E-state index contributed by atoms with van der Waals surface area (Å²) in [6.45, 7) is 2.64. The summed E-state index contributed by atoms with van der Waals surface area (Å²) in [5.41, 5.74) is 19.0. The number of benzene rings is 6. The van der Waals surface area contributed by atoms with Crippen LogP contribution < -0.4 is 4.90 Å². The van der Waals surface area contributed by atoms with Gasteiger partial charge >= 0.3 is 0 Å². The minimum atomic E-state index is 0.0998. The molecule has 0 aliphatic heterocycles. The zero-order valence-electron chi connectivity index (χ0n) is 32.6. The molecule has 1 heteroatoms. The predicted octanol–water partition coefficient (Wildman–Crippen LogP) is 14.3. The molecule has 56 heavy (non-hydrogen) atoms. The van der Waals surface area contributed by atoms with Gasteiger partial charge < -0.3 is 4.90 Å². The molecule has 6 aromatic rings. The molecule has 0 heterocycles. The largest absolute Gasteiger partial charge is 0.310 e. The van der Waals surface area contributed by atoms with E-state index in [0.717, 1.165) is 29.6 Å². The van der Waals surface area contributed by atoms with Crippen LogP contribution in [0.3, 0.4) is 0 Å². The van der Waals surface area contributed by atoms with E-state index in [0.29, 0.717) is 11.8 Å². The molecule has 0 N–H and O–H groups in total. The molecule has 9 atom stereocenters. The standard InChI is InChI=1S/C55H51N/c1-34-39-16-20-41-29-36(27-39)30-51(34)55(41)50-14-8-6-12-46(50)48-26-24-44(32-53(48)55)56(42-21-17-38(18-22-42)37-9-3-2-4-10-37)43-23-25-47-45-11-5-7-13-49(45)54(52(47)31-43)33-35-15-19-40(54)28-35/h2-14,17-18,21-26,31-32,34-36,39-41,51H,15-16,19-20,27-30,33H2,1H3/t34-,35?,36?,39?,40?,41?,51?,54?,55?/m0/s1. The fourth-order valence-electron chi connectivity index (χ4n) is 15.2. The molecule has 14 rings (SSSR count). The van der Waals surface area contributed by atoms with Gasteiger partial charge in [-0.05, 0) is 185 Å². The molecule has 8 aliphatic rings. The number of anilines is 3. The first kappa shape index (κ1) is 32.2. The lowest BCUT2D eigenvalue weighted by atomic mass is 9.48. The second-order valence-electron chi connectivity index (χ2n) is 19.3. The van der Waals surface area contributed by atoms with Crippen LogP contribution in [0.5, 0.6) is 0 Å². The number of nitrogens with zero attached hydrogens (tertiary/aromatic N) is 1. The van der Waals surface area contributed by atoms with E-state index in [1.807, 2.05) is 0 Å². The highest BCUT2D eigenvalue weighted by molar-refractivity contribution is 5.89. The molecule has 0 saturated heterocycles. The molecule has 2 spiro atoms. The van der Waals surface area contributed by atoms with Gasteiger partial charge in [0, 0.05) is 27.9 Å². The third-order valence-electron chi connectivity index (χ3n) is 17.2. The Morgan fingerprint density at radius 3 is 1.82 bits per heavy atom. The first-order chi connectivity index (χ1) is 27.6. The van der Waals surface area contributed by atoms with E-state index in [1.165, 1.54) is 108 Å². The summed E-state index contributed by atoms with van der Waals surface area (Å²) in [4.78, 5) is 2.63. The van der Waals surface area contributed by atoms with Crippen molar-refractivity contribution < 1.29 is 0 Å². The molecule has 0 amide bonds. The van der Waals surface area contributed by atoms with Crippen LogP contribution in [0.25, 0.3) is 33.4 Å². The highest BCUT2D eigenvalue weighted by Gasteiger charge is 2.62. The van der Waals surface area contributed by atoms with Crippen LogP contribution in [-0.4, -0.2) is 0 Å². The number of fused-ring (bicyclic) bond motifs is 12. The minimum Gasteiger partial charge on any atom is -0.310 e. The van der Waals surface area contributed by atoms with Gasteiger partial charge in [-0.2, -0.15) is 0 Å². The van der Waals surface area contributed by atoms with Crippen LogP contribution in [0, 0.1) is 41.4 Å². The molecule has 6 fully saturated rings. The summed E-state index contributed by atoms with van der Waals surface area (Å²) in [6, 6.07) is 54.6. The summed E-state index contributed by atoms with van der Waals surface area (Å²) in [5.74, 6) is 5.57. The molecule has 6 bridgehead atoms. The quantitative estimate of drug-likeness (QED) is 0.175. The van der Waals surface area contributed by atoms with Crippen LogP contribution in [0.1, 0.15) is 87.0 Å². The van der Waals surface area contributed by atoms with Gasteiger partial charge in [-0.3, -0.25) is 0 Å². The van der Waals surface area contributed by atoms with Crippen LogP contribution >= 0.6 is 0 Å². The average molecular weight is 726 g/mol. The van der Waals surface area contributed by atoms with Crippen LogP contribution in [0.15, 0.2) is 140 Å². The molecule has 6 saturated carbocycles. The zero-order chi connectivity index (χ0) is 36.8. The Hall–Kier alpha value is -4.88. The Morgan fingerprint density at radius 1 is 0.464 bits per heavy atom. The third-order valence-corrected chi connectivity index (χ3v) is 17.2. The summed E-state index contributed by atoms with van der Waals surface area (Å²) < 4.78 is 0. The highest BCUT2D eigenvalue weighted by atomic mass is 15.1. The molecule has 8 unspecified atom stereocenters. The zero-order valence-corrected chi connectivity index (χ0v) is 32.6.